The van der Waals surface area contributed by atoms with E-state index in [1.165, 1.54) is 26.4 Å². The maximum atomic E-state index is 12.8. The molecule has 4 aliphatic carbocycles. The molecule has 4 bridgehead atoms. The van der Waals surface area contributed by atoms with Crippen molar-refractivity contribution in [1.29, 1.82) is 0 Å². The van der Waals surface area contributed by atoms with Gasteiger partial charge < -0.3 is 15.2 Å². The number of carbonyl (C=O) groups is 1. The molecule has 1 aromatic rings. The number of nitrogens with one attached hydrogen (secondary N) is 1. The van der Waals surface area contributed by atoms with E-state index in [1.54, 1.807) is 12.1 Å². The fourth-order valence-corrected chi connectivity index (χ4v) is 5.91. The molecule has 5 rings (SSSR count). The summed E-state index contributed by atoms with van der Waals surface area (Å²) in [6.07, 6.45) is 7.30. The fourth-order valence-electron chi connectivity index (χ4n) is 5.47. The molecule has 4 saturated carbocycles. The lowest BCUT2D eigenvalue weighted by Crippen LogP contribution is -2.59. The lowest BCUT2D eigenvalue weighted by Gasteiger charge is -2.56. The Hall–Kier alpha value is -1.23. The Morgan fingerprint density at radius 3 is 2.30 bits per heavy atom. The smallest absolute Gasteiger partial charge is 0.255 e. The number of phenols is 1. The van der Waals surface area contributed by atoms with Crippen LogP contribution in [0.5, 0.6) is 11.5 Å². The van der Waals surface area contributed by atoms with Gasteiger partial charge in [-0.3, -0.25) is 4.79 Å². The second-order valence-corrected chi connectivity index (χ2v) is 8.57. The highest BCUT2D eigenvalue weighted by Crippen LogP contribution is 2.55. The van der Waals surface area contributed by atoms with Crippen LogP contribution in [-0.2, 0) is 0 Å². The Bertz CT molecular complexity index is 623. The first-order valence-corrected chi connectivity index (χ1v) is 9.16. The molecule has 0 saturated heterocycles. The predicted molar refractivity (Wildman–Crippen MR) is 90.7 cm³/mol. The molecule has 1 amide bonds. The van der Waals surface area contributed by atoms with Gasteiger partial charge in [0.2, 0.25) is 0 Å². The fraction of sp³-hybridized carbons (Fsp3) is 0.611. The van der Waals surface area contributed by atoms with Crippen molar-refractivity contribution in [1.82, 2.24) is 5.32 Å². The molecule has 23 heavy (non-hydrogen) atoms. The summed E-state index contributed by atoms with van der Waals surface area (Å²) < 4.78 is 5.88. The number of halogens is 1. The molecule has 5 heteroatoms. The van der Waals surface area contributed by atoms with E-state index in [0.717, 1.165) is 41.5 Å². The zero-order valence-corrected chi connectivity index (χ0v) is 14.9. The van der Waals surface area contributed by atoms with E-state index in [4.69, 9.17) is 4.74 Å². The number of amides is 1. The molecule has 0 spiro atoms. The molecule has 1 aromatic carbocycles. The number of carbonyl (C=O) groups excluding carboxylic acids is 1. The van der Waals surface area contributed by atoms with Gasteiger partial charge in [-0.25, -0.2) is 0 Å². The predicted octanol–water partition coefficient (Wildman–Crippen LogP) is 3.86. The van der Waals surface area contributed by atoms with Crippen LogP contribution >= 0.6 is 15.9 Å². The van der Waals surface area contributed by atoms with E-state index in [-0.39, 0.29) is 22.8 Å². The standard InChI is InChI=1S/C18H22BrNO3/c1-23-15-6-13(19)5-14(16(15)21)17(22)20-18-7-10-2-11(8-18)4-12(3-10)9-18/h5-6,10-12,21H,2-4,7-9H2,1H3,(H,20,22). The zero-order valence-electron chi connectivity index (χ0n) is 13.3. The number of rotatable bonds is 3. The number of aromatic hydroxyl groups is 1. The summed E-state index contributed by atoms with van der Waals surface area (Å²) in [6.45, 7) is 0. The van der Waals surface area contributed by atoms with Gasteiger partial charge in [-0.05, 0) is 68.4 Å². The van der Waals surface area contributed by atoms with E-state index in [9.17, 15) is 9.90 Å². The van der Waals surface area contributed by atoms with Crippen LogP contribution in [-0.4, -0.2) is 23.7 Å². The Balaban J connectivity index is 1.60. The maximum absolute atomic E-state index is 12.8. The summed E-state index contributed by atoms with van der Waals surface area (Å²) in [5.74, 6) is 2.35. The highest BCUT2D eigenvalue weighted by Gasteiger charge is 2.51. The van der Waals surface area contributed by atoms with Crippen LogP contribution in [0.25, 0.3) is 0 Å². The van der Waals surface area contributed by atoms with Crippen molar-refractivity contribution < 1.29 is 14.6 Å². The number of benzene rings is 1. The second kappa shape index (κ2) is 5.40. The highest BCUT2D eigenvalue weighted by molar-refractivity contribution is 9.10. The summed E-state index contributed by atoms with van der Waals surface area (Å²) in [5, 5.41) is 13.6. The third-order valence-corrected chi connectivity index (χ3v) is 6.38. The van der Waals surface area contributed by atoms with Gasteiger partial charge in [-0.2, -0.15) is 0 Å². The highest BCUT2D eigenvalue weighted by atomic mass is 79.9. The average molecular weight is 380 g/mol. The lowest BCUT2D eigenvalue weighted by molar-refractivity contribution is -0.0167. The largest absolute Gasteiger partial charge is 0.504 e. The molecule has 2 N–H and O–H groups in total. The van der Waals surface area contributed by atoms with E-state index in [0.29, 0.717) is 5.75 Å². The summed E-state index contributed by atoms with van der Waals surface area (Å²) in [7, 11) is 1.49. The average Bonchev–Trinajstić information content (AvgIpc) is 2.47. The van der Waals surface area contributed by atoms with Crippen molar-refractivity contribution in [3.05, 3.63) is 22.2 Å². The SMILES string of the molecule is COc1cc(Br)cc(C(=O)NC23CC4CC(CC(C4)C2)C3)c1O. The number of methoxy groups -OCH3 is 1. The van der Waals surface area contributed by atoms with E-state index in [1.807, 2.05) is 0 Å². The van der Waals surface area contributed by atoms with Crippen LogP contribution in [0.1, 0.15) is 48.9 Å². The van der Waals surface area contributed by atoms with Gasteiger partial charge in [0.25, 0.3) is 5.91 Å². The lowest BCUT2D eigenvalue weighted by atomic mass is 9.53. The summed E-state index contributed by atoms with van der Waals surface area (Å²) >= 11 is 3.38. The monoisotopic (exact) mass is 379 g/mol. The van der Waals surface area contributed by atoms with Gasteiger partial charge in [0, 0.05) is 10.0 Å². The number of hydrogen-bond donors (Lipinski definition) is 2. The van der Waals surface area contributed by atoms with Crippen molar-refractivity contribution in [3.8, 4) is 11.5 Å². The Morgan fingerprint density at radius 1 is 1.22 bits per heavy atom. The van der Waals surface area contributed by atoms with Gasteiger partial charge in [-0.1, -0.05) is 15.9 Å². The summed E-state index contributed by atoms with van der Waals surface area (Å²) in [6, 6.07) is 3.32. The molecule has 0 unspecified atom stereocenters. The molecule has 4 nitrogen and oxygen atoms in total. The third kappa shape index (κ3) is 2.63. The van der Waals surface area contributed by atoms with Crippen LogP contribution < -0.4 is 10.1 Å². The molecule has 4 aliphatic rings. The van der Waals surface area contributed by atoms with Crippen LogP contribution in [0.4, 0.5) is 0 Å². The van der Waals surface area contributed by atoms with Gasteiger partial charge in [0.15, 0.2) is 11.5 Å². The van der Waals surface area contributed by atoms with Gasteiger partial charge in [0.1, 0.15) is 0 Å². The first-order chi connectivity index (χ1) is 11.0. The summed E-state index contributed by atoms with van der Waals surface area (Å²) in [4.78, 5) is 12.8. The second-order valence-electron chi connectivity index (χ2n) is 7.66. The minimum atomic E-state index is -0.191. The number of hydrogen-bond acceptors (Lipinski definition) is 3. The van der Waals surface area contributed by atoms with Crippen LogP contribution in [0.3, 0.4) is 0 Å². The first kappa shape index (κ1) is 15.3. The van der Waals surface area contributed by atoms with Crippen molar-refractivity contribution in [2.45, 2.75) is 44.1 Å². The van der Waals surface area contributed by atoms with Gasteiger partial charge >= 0.3 is 0 Å². The minimum absolute atomic E-state index is 0.0617. The molecule has 124 valence electrons. The molecule has 0 heterocycles. The zero-order chi connectivity index (χ0) is 16.2. The molecule has 0 aliphatic heterocycles. The van der Waals surface area contributed by atoms with Crippen LogP contribution in [0.15, 0.2) is 16.6 Å². The van der Waals surface area contributed by atoms with Gasteiger partial charge in [-0.15, -0.1) is 0 Å². The summed E-state index contributed by atoms with van der Waals surface area (Å²) in [5.41, 5.74) is 0.223. The first-order valence-electron chi connectivity index (χ1n) is 8.37. The quantitative estimate of drug-likeness (QED) is 0.837. The Labute approximate surface area is 144 Å². The van der Waals surface area contributed by atoms with E-state index >= 15 is 0 Å². The van der Waals surface area contributed by atoms with Gasteiger partial charge in [0.05, 0.1) is 12.7 Å². The minimum Gasteiger partial charge on any atom is -0.504 e. The van der Waals surface area contributed by atoms with Crippen molar-refractivity contribution in [2.24, 2.45) is 17.8 Å². The van der Waals surface area contributed by atoms with Crippen LogP contribution in [0, 0.1) is 17.8 Å². The Morgan fingerprint density at radius 2 is 1.78 bits per heavy atom. The molecule has 0 atom stereocenters. The third-order valence-electron chi connectivity index (χ3n) is 5.92. The number of ether oxygens (including phenoxy) is 1. The Kier molecular flexibility index (Phi) is 3.59. The van der Waals surface area contributed by atoms with Crippen molar-refractivity contribution >= 4 is 21.8 Å². The van der Waals surface area contributed by atoms with Crippen molar-refractivity contribution in [3.63, 3.8) is 0 Å². The molecular formula is C18H22BrNO3. The number of phenolic OH excluding ortho intramolecular Hbond substituents is 1. The normalized spacial score (nSPS) is 34.4. The molecule has 0 radical (unpaired) electrons. The molecule has 0 aromatic heterocycles. The topological polar surface area (TPSA) is 58.6 Å². The van der Waals surface area contributed by atoms with E-state index < -0.39 is 0 Å². The van der Waals surface area contributed by atoms with Crippen molar-refractivity contribution in [2.75, 3.05) is 7.11 Å². The maximum Gasteiger partial charge on any atom is 0.255 e. The van der Waals surface area contributed by atoms with Crippen LogP contribution in [0.2, 0.25) is 0 Å². The molecule has 4 fully saturated rings. The molecular weight excluding hydrogens is 358 g/mol. The van der Waals surface area contributed by atoms with E-state index in [2.05, 4.69) is 21.2 Å².